The van der Waals surface area contributed by atoms with Gasteiger partial charge in [-0.1, -0.05) is 42.0 Å². The topological polar surface area (TPSA) is 58.9 Å². The number of rotatable bonds is 8. The van der Waals surface area contributed by atoms with Crippen LogP contribution in [-0.4, -0.2) is 23.7 Å². The maximum Gasteiger partial charge on any atom is 0.339 e. The van der Waals surface area contributed by atoms with Crippen LogP contribution >= 0.6 is 11.8 Å². The molecule has 140 valence electrons. The molecule has 3 rings (SSSR count). The van der Waals surface area contributed by atoms with E-state index in [-0.39, 0.29) is 10.8 Å². The Balaban J connectivity index is 1.86. The fourth-order valence-electron chi connectivity index (χ4n) is 2.96. The van der Waals surface area contributed by atoms with Gasteiger partial charge in [0.15, 0.2) is 0 Å². The number of aliphatic carboxylic acids is 1. The van der Waals surface area contributed by atoms with Crippen molar-refractivity contribution in [1.29, 1.82) is 0 Å². The Morgan fingerprint density at radius 3 is 2.56 bits per heavy atom. The van der Waals surface area contributed by atoms with E-state index in [2.05, 4.69) is 11.9 Å². The van der Waals surface area contributed by atoms with E-state index in [4.69, 9.17) is 4.74 Å². The van der Waals surface area contributed by atoms with Gasteiger partial charge in [0.2, 0.25) is 0 Å². The van der Waals surface area contributed by atoms with Gasteiger partial charge in [-0.15, -0.1) is 11.8 Å². The molecule has 0 amide bonds. The summed E-state index contributed by atoms with van der Waals surface area (Å²) >= 11 is 1.65. The monoisotopic (exact) mass is 381 g/mol. The van der Waals surface area contributed by atoms with E-state index in [9.17, 15) is 9.90 Å². The summed E-state index contributed by atoms with van der Waals surface area (Å²) in [5, 5.41) is 9.76. The van der Waals surface area contributed by atoms with Gasteiger partial charge in [-0.25, -0.2) is 4.79 Å². The molecule has 0 saturated heterocycles. The summed E-state index contributed by atoms with van der Waals surface area (Å²) in [4.78, 5) is 16.2. The molecule has 5 heteroatoms. The molecular weight excluding hydrogens is 358 g/mol. The smallest absolute Gasteiger partial charge is 0.339 e. The molecule has 1 fully saturated rings. The van der Waals surface area contributed by atoms with Crippen LogP contribution in [0, 0.1) is 12.8 Å². The molecular formula is C22H23NO3S. The molecule has 1 saturated carbocycles. The third kappa shape index (κ3) is 5.01. The lowest BCUT2D eigenvalue weighted by Gasteiger charge is -2.18. The molecule has 4 nitrogen and oxygen atoms in total. The highest BCUT2D eigenvalue weighted by molar-refractivity contribution is 8.12. The minimum absolute atomic E-state index is 0.176. The van der Waals surface area contributed by atoms with Crippen molar-refractivity contribution >= 4 is 34.5 Å². The summed E-state index contributed by atoms with van der Waals surface area (Å²) in [6.07, 6.45) is 3.61. The molecule has 27 heavy (non-hydrogen) atoms. The predicted octanol–water partition coefficient (Wildman–Crippen LogP) is 5.61. The highest BCUT2D eigenvalue weighted by Crippen LogP contribution is 2.50. The summed E-state index contributed by atoms with van der Waals surface area (Å²) in [6, 6.07) is 15.8. The molecule has 2 aromatic carbocycles. The maximum atomic E-state index is 11.7. The molecule has 1 atom stereocenters. The van der Waals surface area contributed by atoms with E-state index < -0.39 is 5.97 Å². The molecule has 0 aromatic heterocycles. The van der Waals surface area contributed by atoms with Gasteiger partial charge in [0, 0.05) is 5.25 Å². The minimum Gasteiger partial charge on any atom is -0.503 e. The molecule has 0 aliphatic heterocycles. The Labute approximate surface area is 164 Å². The van der Waals surface area contributed by atoms with Gasteiger partial charge in [-0.3, -0.25) is 4.99 Å². The normalized spacial score (nSPS) is 15.7. The number of aryl methyl sites for hydroxylation is 1. The quantitative estimate of drug-likeness (QED) is 0.279. The third-order valence-electron chi connectivity index (χ3n) is 4.52. The average Bonchev–Trinajstić information content (AvgIpc) is 3.50. The number of benzene rings is 2. The summed E-state index contributed by atoms with van der Waals surface area (Å²) in [6.45, 7) is 2.05. The Morgan fingerprint density at radius 2 is 1.93 bits per heavy atom. The standard InChI is InChI=1S/C22H23NO3S/c1-15-7-11-17(12-8-15)23-14-27-21(16-9-10-16)19-6-4-3-5-18(19)20(13-26-2)22(24)25/h3-8,11-14,16,21H,9-10H2,1-2H3,(H,24,25). The predicted molar refractivity (Wildman–Crippen MR) is 111 cm³/mol. The zero-order chi connectivity index (χ0) is 19.2. The first kappa shape index (κ1) is 19.2. The number of carboxylic acids is 1. The maximum absolute atomic E-state index is 11.7. The first-order chi connectivity index (χ1) is 13.1. The van der Waals surface area contributed by atoms with E-state index in [1.165, 1.54) is 18.9 Å². The lowest BCUT2D eigenvalue weighted by Crippen LogP contribution is -2.07. The van der Waals surface area contributed by atoms with Crippen molar-refractivity contribution in [2.45, 2.75) is 25.0 Å². The van der Waals surface area contributed by atoms with Crippen molar-refractivity contribution in [3.63, 3.8) is 0 Å². The van der Waals surface area contributed by atoms with Gasteiger partial charge in [-0.2, -0.15) is 0 Å². The van der Waals surface area contributed by atoms with Gasteiger partial charge in [0.1, 0.15) is 5.57 Å². The first-order valence-electron chi connectivity index (χ1n) is 8.90. The van der Waals surface area contributed by atoms with E-state index in [1.807, 2.05) is 54.1 Å². The molecule has 1 N–H and O–H groups in total. The van der Waals surface area contributed by atoms with E-state index in [1.54, 1.807) is 11.8 Å². The Morgan fingerprint density at radius 1 is 1.22 bits per heavy atom. The van der Waals surface area contributed by atoms with Crippen LogP contribution < -0.4 is 0 Å². The first-order valence-corrected chi connectivity index (χ1v) is 9.84. The Kier molecular flexibility index (Phi) is 6.35. The number of ether oxygens (including phenoxy) is 1. The number of carboxylic acid groups (broad SMARTS) is 1. The summed E-state index contributed by atoms with van der Waals surface area (Å²) in [7, 11) is 1.47. The molecule has 2 aromatic rings. The molecule has 0 heterocycles. The highest BCUT2D eigenvalue weighted by Gasteiger charge is 2.34. The highest BCUT2D eigenvalue weighted by atomic mass is 32.2. The van der Waals surface area contributed by atoms with E-state index in [0.717, 1.165) is 24.1 Å². The lowest BCUT2D eigenvalue weighted by molar-refractivity contribution is -0.130. The summed E-state index contributed by atoms with van der Waals surface area (Å²) in [5.74, 6) is -0.449. The van der Waals surface area contributed by atoms with Crippen LogP contribution in [0.25, 0.3) is 5.57 Å². The summed E-state index contributed by atoms with van der Waals surface area (Å²) in [5.41, 5.74) is 5.91. The fourth-order valence-corrected chi connectivity index (χ4v) is 4.12. The molecule has 1 aliphatic carbocycles. The second kappa shape index (κ2) is 8.91. The average molecular weight is 381 g/mol. The second-order valence-electron chi connectivity index (χ2n) is 6.62. The number of thioether (sulfide) groups is 1. The van der Waals surface area contributed by atoms with Crippen molar-refractivity contribution in [3.05, 3.63) is 71.5 Å². The lowest BCUT2D eigenvalue weighted by atomic mass is 9.96. The van der Waals surface area contributed by atoms with Gasteiger partial charge < -0.3 is 9.84 Å². The number of hydrogen-bond acceptors (Lipinski definition) is 4. The number of aliphatic imine (C=N–C) groups is 1. The van der Waals surface area contributed by atoms with Crippen LogP contribution in [0.2, 0.25) is 0 Å². The van der Waals surface area contributed by atoms with Crippen molar-refractivity contribution in [2.75, 3.05) is 7.11 Å². The Hall–Kier alpha value is -2.53. The fraction of sp³-hybridized carbons (Fsp3) is 0.273. The van der Waals surface area contributed by atoms with Crippen molar-refractivity contribution in [1.82, 2.24) is 0 Å². The number of nitrogens with zero attached hydrogens (tertiary/aromatic N) is 1. The van der Waals surface area contributed by atoms with Crippen LogP contribution in [0.1, 0.15) is 34.8 Å². The summed E-state index contributed by atoms with van der Waals surface area (Å²) < 4.78 is 5.00. The largest absolute Gasteiger partial charge is 0.503 e. The van der Waals surface area contributed by atoms with Crippen LogP contribution in [-0.2, 0) is 9.53 Å². The van der Waals surface area contributed by atoms with Gasteiger partial charge in [0.25, 0.3) is 0 Å². The Bertz CT molecular complexity index is 854. The number of hydrogen-bond donors (Lipinski definition) is 1. The van der Waals surface area contributed by atoms with Gasteiger partial charge in [-0.05, 0) is 48.9 Å². The zero-order valence-corrected chi connectivity index (χ0v) is 16.3. The van der Waals surface area contributed by atoms with E-state index >= 15 is 0 Å². The number of methoxy groups -OCH3 is 1. The number of carbonyl (C=O) groups is 1. The van der Waals surface area contributed by atoms with Crippen LogP contribution in [0.3, 0.4) is 0 Å². The van der Waals surface area contributed by atoms with Crippen LogP contribution in [0.4, 0.5) is 5.69 Å². The van der Waals surface area contributed by atoms with Gasteiger partial charge >= 0.3 is 5.97 Å². The van der Waals surface area contributed by atoms with Crippen molar-refractivity contribution in [3.8, 4) is 0 Å². The van der Waals surface area contributed by atoms with E-state index in [0.29, 0.717) is 11.5 Å². The third-order valence-corrected chi connectivity index (χ3v) is 5.68. The molecule has 0 bridgehead atoms. The zero-order valence-electron chi connectivity index (χ0n) is 15.5. The van der Waals surface area contributed by atoms with Crippen molar-refractivity contribution < 1.29 is 14.6 Å². The molecule has 0 spiro atoms. The minimum atomic E-state index is -0.989. The van der Waals surface area contributed by atoms with Crippen molar-refractivity contribution in [2.24, 2.45) is 10.9 Å². The van der Waals surface area contributed by atoms with Crippen LogP contribution in [0.5, 0.6) is 0 Å². The second-order valence-corrected chi connectivity index (χ2v) is 7.61. The molecule has 1 aliphatic rings. The van der Waals surface area contributed by atoms with Crippen LogP contribution in [0.15, 0.2) is 59.8 Å². The molecule has 1 unspecified atom stereocenters. The van der Waals surface area contributed by atoms with Gasteiger partial charge in [0.05, 0.1) is 24.6 Å². The molecule has 0 radical (unpaired) electrons. The SMILES string of the molecule is COC=C(C(=O)O)c1ccccc1C(SC=Nc1ccc(C)cc1)C1CC1.